The highest BCUT2D eigenvalue weighted by atomic mass is 32.2. The summed E-state index contributed by atoms with van der Waals surface area (Å²) in [5, 5.41) is 9.65. The van der Waals surface area contributed by atoms with Crippen molar-refractivity contribution in [1.82, 2.24) is 15.2 Å². The third-order valence-electron chi connectivity index (χ3n) is 6.24. The van der Waals surface area contributed by atoms with Gasteiger partial charge in [-0.25, -0.2) is 18.2 Å². The van der Waals surface area contributed by atoms with Crippen molar-refractivity contribution in [2.75, 3.05) is 11.1 Å². The molecular weight excluding hydrogens is 577 g/mol. The van der Waals surface area contributed by atoms with Gasteiger partial charge < -0.3 is 13.9 Å². The lowest BCUT2D eigenvalue weighted by atomic mass is 9.95. The number of ether oxygens (including phenoxy) is 2. The number of benzene rings is 1. The maximum atomic E-state index is 14.9. The lowest BCUT2D eigenvalue weighted by Gasteiger charge is -2.32. The van der Waals surface area contributed by atoms with Crippen molar-refractivity contribution in [2.45, 2.75) is 76.0 Å². The van der Waals surface area contributed by atoms with Crippen LogP contribution in [0.4, 0.5) is 23.7 Å². The quantitative estimate of drug-likeness (QED) is 0.340. The molecule has 2 aromatic heterocycles. The monoisotopic (exact) mass is 608 g/mol. The van der Waals surface area contributed by atoms with Gasteiger partial charge in [-0.2, -0.15) is 13.2 Å². The summed E-state index contributed by atoms with van der Waals surface area (Å²) in [6, 6.07) is 9.64. The Morgan fingerprint density at radius 1 is 1.10 bits per heavy atom. The van der Waals surface area contributed by atoms with Crippen LogP contribution >= 0.6 is 0 Å². The summed E-state index contributed by atoms with van der Waals surface area (Å²) in [6.45, 7) is 6.00. The van der Waals surface area contributed by atoms with Gasteiger partial charge in [0.2, 0.25) is 5.60 Å². The van der Waals surface area contributed by atoms with Crippen molar-refractivity contribution in [3.63, 3.8) is 0 Å². The maximum absolute atomic E-state index is 14.9. The van der Waals surface area contributed by atoms with Gasteiger partial charge in [0.1, 0.15) is 5.60 Å². The molecule has 0 saturated carbocycles. The molecule has 1 unspecified atom stereocenters. The lowest BCUT2D eigenvalue weighted by molar-refractivity contribution is -0.299. The summed E-state index contributed by atoms with van der Waals surface area (Å²) in [4.78, 5) is 16.8. The van der Waals surface area contributed by atoms with Gasteiger partial charge in [0, 0.05) is 0 Å². The highest BCUT2D eigenvalue weighted by Gasteiger charge is 2.61. The molecule has 1 N–H and O–H groups in total. The number of sulfone groups is 1. The molecule has 42 heavy (non-hydrogen) atoms. The molecule has 3 heterocycles. The Kier molecular flexibility index (Phi) is 8.78. The molecule has 1 amide bonds. The minimum atomic E-state index is -4.98. The minimum Gasteiger partial charge on any atom is -0.444 e. The molecule has 0 saturated heterocycles. The molecule has 0 spiro atoms. The van der Waals surface area contributed by atoms with Crippen LogP contribution in [0.5, 0.6) is 0 Å². The molecule has 0 fully saturated rings. The average molecular weight is 609 g/mol. The van der Waals surface area contributed by atoms with E-state index in [0.29, 0.717) is 5.56 Å². The van der Waals surface area contributed by atoms with E-state index < -0.39 is 58.1 Å². The standard InChI is InChI=1S/C28H31F3N4O6S/c1-18-16-20(32-25(36)41-26(2,3)4)21-22-34-35-24(40-22)27(28(29,30)31,39-17-19-12-8-7-9-13-19)14-10-5-6-11-15-42(37,38)23(18)33-21/h5-9,12-13,16H,10-11,14-15,17H2,1-4H3,(H,32,36). The van der Waals surface area contributed by atoms with Crippen LogP contribution in [0.25, 0.3) is 11.6 Å². The number of nitrogens with one attached hydrogen (secondary N) is 1. The van der Waals surface area contributed by atoms with Gasteiger partial charge in [0.05, 0.1) is 18.0 Å². The van der Waals surface area contributed by atoms with E-state index in [0.717, 1.165) is 0 Å². The van der Waals surface area contributed by atoms with Crippen LogP contribution in [0.3, 0.4) is 0 Å². The van der Waals surface area contributed by atoms with E-state index >= 15 is 0 Å². The number of alkyl halides is 3. The van der Waals surface area contributed by atoms with Gasteiger partial charge in [0.25, 0.3) is 11.8 Å². The summed E-state index contributed by atoms with van der Waals surface area (Å²) >= 11 is 0. The largest absolute Gasteiger partial charge is 0.444 e. The number of nitrogens with zero attached hydrogens (tertiary/aromatic N) is 3. The van der Waals surface area contributed by atoms with Crippen molar-refractivity contribution < 1.29 is 40.3 Å². The van der Waals surface area contributed by atoms with Crippen LogP contribution in [0, 0.1) is 6.92 Å². The van der Waals surface area contributed by atoms with Gasteiger partial charge >= 0.3 is 12.3 Å². The Labute approximate surface area is 241 Å². The molecule has 10 nitrogen and oxygen atoms in total. The number of halogens is 3. The average Bonchev–Trinajstić information content (AvgIpc) is 3.36. The van der Waals surface area contributed by atoms with Gasteiger partial charge in [0.15, 0.2) is 20.6 Å². The number of anilines is 1. The Balaban J connectivity index is 1.88. The number of allylic oxidation sites excluding steroid dienone is 2. The van der Waals surface area contributed by atoms with E-state index in [1.54, 1.807) is 51.1 Å². The predicted octanol–water partition coefficient (Wildman–Crippen LogP) is 6.28. The highest BCUT2D eigenvalue weighted by molar-refractivity contribution is 7.91. The van der Waals surface area contributed by atoms with E-state index in [-0.39, 0.29) is 40.6 Å². The van der Waals surface area contributed by atoms with Crippen LogP contribution < -0.4 is 5.32 Å². The first-order chi connectivity index (χ1) is 19.6. The molecular formula is C28H31F3N4O6S. The normalized spacial score (nSPS) is 19.1. The number of hydrogen-bond donors (Lipinski definition) is 1. The lowest BCUT2D eigenvalue weighted by Crippen LogP contribution is -2.45. The molecule has 1 atom stereocenters. The zero-order valence-corrected chi connectivity index (χ0v) is 24.3. The van der Waals surface area contributed by atoms with Gasteiger partial charge in [-0.15, -0.1) is 10.2 Å². The molecule has 226 valence electrons. The zero-order valence-electron chi connectivity index (χ0n) is 23.5. The number of aromatic nitrogens is 3. The third kappa shape index (κ3) is 6.98. The van der Waals surface area contributed by atoms with Crippen molar-refractivity contribution in [3.8, 4) is 11.6 Å². The first kappa shape index (κ1) is 31.2. The summed E-state index contributed by atoms with van der Waals surface area (Å²) < 4.78 is 87.4. The van der Waals surface area contributed by atoms with Crippen molar-refractivity contribution in [1.29, 1.82) is 0 Å². The van der Waals surface area contributed by atoms with Gasteiger partial charge in [-0.05, 0) is 64.2 Å². The second-order valence-electron chi connectivity index (χ2n) is 10.8. The van der Waals surface area contributed by atoms with Crippen LogP contribution in [0.1, 0.15) is 57.1 Å². The molecule has 0 aliphatic carbocycles. The fourth-order valence-corrected chi connectivity index (χ4v) is 5.69. The van der Waals surface area contributed by atoms with E-state index in [1.165, 1.54) is 25.1 Å². The number of aryl methyl sites for hydroxylation is 1. The zero-order chi connectivity index (χ0) is 30.8. The van der Waals surface area contributed by atoms with Gasteiger partial charge in [-0.1, -0.05) is 42.5 Å². The van der Waals surface area contributed by atoms with E-state index in [2.05, 4.69) is 20.5 Å². The third-order valence-corrected chi connectivity index (χ3v) is 8.01. The number of amides is 1. The predicted molar refractivity (Wildman–Crippen MR) is 146 cm³/mol. The number of fused-ring (bicyclic) bond motifs is 5. The van der Waals surface area contributed by atoms with Crippen molar-refractivity contribution in [2.24, 2.45) is 0 Å². The van der Waals surface area contributed by atoms with Gasteiger partial charge in [-0.3, -0.25) is 5.32 Å². The first-order valence-electron chi connectivity index (χ1n) is 13.1. The van der Waals surface area contributed by atoms with Crippen LogP contribution in [0.15, 0.2) is 58.0 Å². The summed E-state index contributed by atoms with van der Waals surface area (Å²) in [7, 11) is -3.94. The molecule has 1 aliphatic heterocycles. The Hall–Kier alpha value is -3.78. The first-order valence-corrected chi connectivity index (χ1v) is 14.7. The minimum absolute atomic E-state index is 0.0407. The van der Waals surface area contributed by atoms with Crippen LogP contribution in [-0.2, 0) is 31.5 Å². The molecule has 4 bridgehead atoms. The van der Waals surface area contributed by atoms with Crippen molar-refractivity contribution >= 4 is 21.6 Å². The second kappa shape index (κ2) is 11.8. The number of carbonyl (C=O) groups is 1. The maximum Gasteiger partial charge on any atom is 0.426 e. The molecule has 4 rings (SSSR count). The molecule has 1 aromatic carbocycles. The summed E-state index contributed by atoms with van der Waals surface area (Å²) in [5.41, 5.74) is -3.62. The molecule has 0 radical (unpaired) electrons. The Morgan fingerprint density at radius 3 is 2.45 bits per heavy atom. The van der Waals surface area contributed by atoms with Crippen molar-refractivity contribution in [3.05, 3.63) is 65.6 Å². The highest BCUT2D eigenvalue weighted by Crippen LogP contribution is 2.47. The van der Waals surface area contributed by atoms with Crippen LogP contribution in [-0.4, -0.2) is 47.2 Å². The summed E-state index contributed by atoms with van der Waals surface area (Å²) in [5.74, 6) is -1.78. The number of pyridine rings is 1. The Morgan fingerprint density at radius 2 is 1.79 bits per heavy atom. The number of carbonyl (C=O) groups excluding carboxylic acids is 1. The topological polar surface area (TPSA) is 134 Å². The molecule has 14 heteroatoms. The summed E-state index contributed by atoms with van der Waals surface area (Å²) in [6.07, 6.45) is -3.64. The smallest absolute Gasteiger partial charge is 0.426 e. The molecule has 1 aliphatic rings. The van der Waals surface area contributed by atoms with E-state index in [9.17, 15) is 26.4 Å². The van der Waals surface area contributed by atoms with E-state index in [4.69, 9.17) is 13.9 Å². The Bertz CT molecular complexity index is 1570. The second-order valence-corrected chi connectivity index (χ2v) is 12.8. The fourth-order valence-electron chi connectivity index (χ4n) is 4.27. The number of rotatable bonds is 4. The van der Waals surface area contributed by atoms with E-state index in [1.807, 2.05) is 0 Å². The SMILES string of the molecule is Cc1cc(NC(=O)OC(C)(C)C)c2nc1S(=O)(=O)CCC=CCCC(OCc1ccccc1)(C(F)(F)F)c1nnc-2o1. The van der Waals surface area contributed by atoms with Crippen LogP contribution in [0.2, 0.25) is 0 Å². The fraction of sp³-hybridized carbons (Fsp3) is 0.429. The molecule has 3 aromatic rings. The number of hydrogen-bond acceptors (Lipinski definition) is 9.